The van der Waals surface area contributed by atoms with Crippen molar-refractivity contribution >= 4 is 34.8 Å². The molecule has 0 aliphatic heterocycles. The molecule has 24 heavy (non-hydrogen) atoms. The van der Waals surface area contributed by atoms with Gasteiger partial charge in [-0.15, -0.1) is 12.4 Å². The highest BCUT2D eigenvalue weighted by molar-refractivity contribution is 5.86. The molecule has 3 aromatic carbocycles. The van der Waals surface area contributed by atoms with Gasteiger partial charge in [0.2, 0.25) is 5.91 Å². The van der Waals surface area contributed by atoms with Crippen molar-refractivity contribution in [2.75, 3.05) is 12.8 Å². The molecule has 3 rings (SSSR count). The molecule has 1 amide bonds. The first kappa shape index (κ1) is 17.8. The molecule has 0 saturated heterocycles. The zero-order valence-electron chi connectivity index (χ0n) is 13.6. The number of carbonyl (C=O) groups excluding carboxylic acids is 1. The number of nitrogens with two attached hydrogens (primary N) is 1. The van der Waals surface area contributed by atoms with Crippen molar-refractivity contribution in [2.45, 2.75) is 13.0 Å². The first-order chi connectivity index (χ1) is 11.1. The van der Waals surface area contributed by atoms with Crippen molar-refractivity contribution in [2.24, 2.45) is 0 Å². The van der Waals surface area contributed by atoms with E-state index in [0.29, 0.717) is 18.7 Å². The Balaban J connectivity index is 0.00000208. The van der Waals surface area contributed by atoms with Crippen molar-refractivity contribution in [1.82, 2.24) is 4.90 Å². The number of nitrogens with zero attached hydrogens (tertiary/aromatic N) is 1. The molecule has 0 atom stereocenters. The molecule has 0 aliphatic carbocycles. The lowest BCUT2D eigenvalue weighted by atomic mass is 10.0. The zero-order chi connectivity index (χ0) is 16.2. The standard InChI is InChI=1S/C20H20N2O.ClH/c1-22(20(23)13-15-9-11-18(21)12-10-15)14-17-7-4-6-16-5-2-3-8-19(16)17;/h2-12H,13-14,21H2,1H3;1H. The molecule has 0 saturated carbocycles. The number of anilines is 1. The van der Waals surface area contributed by atoms with Crippen LogP contribution in [0.3, 0.4) is 0 Å². The molecular weight excluding hydrogens is 320 g/mol. The van der Waals surface area contributed by atoms with Crippen LogP contribution in [0, 0.1) is 0 Å². The van der Waals surface area contributed by atoms with E-state index in [9.17, 15) is 4.79 Å². The number of amides is 1. The summed E-state index contributed by atoms with van der Waals surface area (Å²) in [4.78, 5) is 14.2. The molecule has 4 heteroatoms. The van der Waals surface area contributed by atoms with Crippen LogP contribution >= 0.6 is 12.4 Å². The van der Waals surface area contributed by atoms with Crippen molar-refractivity contribution in [1.29, 1.82) is 0 Å². The van der Waals surface area contributed by atoms with Crippen molar-refractivity contribution in [3.63, 3.8) is 0 Å². The summed E-state index contributed by atoms with van der Waals surface area (Å²) >= 11 is 0. The van der Waals surface area contributed by atoms with E-state index in [2.05, 4.69) is 24.3 Å². The molecule has 0 aromatic heterocycles. The predicted octanol–water partition coefficient (Wildman–Crippen LogP) is 4.04. The van der Waals surface area contributed by atoms with Crippen LogP contribution in [0.4, 0.5) is 5.69 Å². The maximum absolute atomic E-state index is 12.4. The van der Waals surface area contributed by atoms with Crippen LogP contribution in [-0.2, 0) is 17.8 Å². The Labute approximate surface area is 148 Å². The van der Waals surface area contributed by atoms with Gasteiger partial charge >= 0.3 is 0 Å². The van der Waals surface area contributed by atoms with Crippen molar-refractivity contribution in [3.05, 3.63) is 77.9 Å². The number of carbonyl (C=O) groups is 1. The smallest absolute Gasteiger partial charge is 0.227 e. The van der Waals surface area contributed by atoms with Crippen LogP contribution in [-0.4, -0.2) is 17.9 Å². The fourth-order valence-electron chi connectivity index (χ4n) is 2.72. The van der Waals surface area contributed by atoms with Gasteiger partial charge in [0.1, 0.15) is 0 Å². The summed E-state index contributed by atoms with van der Waals surface area (Å²) in [6, 6.07) is 21.9. The van der Waals surface area contributed by atoms with E-state index in [4.69, 9.17) is 5.73 Å². The second-order valence-corrected chi connectivity index (χ2v) is 5.81. The number of benzene rings is 3. The van der Waals surface area contributed by atoms with Crippen LogP contribution in [0.1, 0.15) is 11.1 Å². The van der Waals surface area contributed by atoms with E-state index in [1.807, 2.05) is 49.5 Å². The Bertz CT molecular complexity index is 825. The van der Waals surface area contributed by atoms with Gasteiger partial charge in [0.15, 0.2) is 0 Å². The number of nitrogen functional groups attached to an aromatic ring is 1. The van der Waals surface area contributed by atoms with Gasteiger partial charge in [0.25, 0.3) is 0 Å². The molecule has 0 unspecified atom stereocenters. The number of halogens is 1. The summed E-state index contributed by atoms with van der Waals surface area (Å²) in [5, 5.41) is 2.39. The van der Waals surface area contributed by atoms with Crippen LogP contribution in [0.5, 0.6) is 0 Å². The van der Waals surface area contributed by atoms with E-state index in [1.54, 1.807) is 4.90 Å². The zero-order valence-corrected chi connectivity index (χ0v) is 14.4. The number of likely N-dealkylation sites (N-methyl/N-ethyl adjacent to an activating group) is 1. The Morgan fingerprint density at radius 3 is 2.38 bits per heavy atom. The molecule has 0 fully saturated rings. The first-order valence-electron chi connectivity index (χ1n) is 7.68. The van der Waals surface area contributed by atoms with Gasteiger partial charge in [0.05, 0.1) is 6.42 Å². The van der Waals surface area contributed by atoms with Gasteiger partial charge in [-0.05, 0) is 34.0 Å². The summed E-state index contributed by atoms with van der Waals surface area (Å²) in [5.74, 6) is 0.0997. The monoisotopic (exact) mass is 340 g/mol. The van der Waals surface area contributed by atoms with Crippen molar-refractivity contribution in [3.8, 4) is 0 Å². The third-order valence-electron chi connectivity index (χ3n) is 4.05. The van der Waals surface area contributed by atoms with Gasteiger partial charge in [-0.1, -0.05) is 54.6 Å². The van der Waals surface area contributed by atoms with E-state index in [1.165, 1.54) is 10.8 Å². The minimum Gasteiger partial charge on any atom is -0.399 e. The minimum absolute atomic E-state index is 0. The Hall–Kier alpha value is -2.52. The fraction of sp³-hybridized carbons (Fsp3) is 0.150. The van der Waals surface area contributed by atoms with Crippen molar-refractivity contribution < 1.29 is 4.79 Å². The summed E-state index contributed by atoms with van der Waals surface area (Å²) in [6.45, 7) is 0.606. The number of rotatable bonds is 4. The lowest BCUT2D eigenvalue weighted by Crippen LogP contribution is -2.27. The summed E-state index contributed by atoms with van der Waals surface area (Å²) in [5.41, 5.74) is 8.53. The van der Waals surface area contributed by atoms with Gasteiger partial charge in [0, 0.05) is 19.3 Å². The highest BCUT2D eigenvalue weighted by Gasteiger charge is 2.11. The molecule has 2 N–H and O–H groups in total. The third kappa shape index (κ3) is 4.06. The Morgan fingerprint density at radius 1 is 0.958 bits per heavy atom. The van der Waals surface area contributed by atoms with Crippen LogP contribution < -0.4 is 5.73 Å². The topological polar surface area (TPSA) is 46.3 Å². The predicted molar refractivity (Wildman–Crippen MR) is 102 cm³/mol. The molecule has 0 spiro atoms. The molecule has 124 valence electrons. The van der Waals surface area contributed by atoms with Gasteiger partial charge in [-0.3, -0.25) is 4.79 Å². The number of hydrogen-bond acceptors (Lipinski definition) is 2. The second-order valence-electron chi connectivity index (χ2n) is 5.81. The molecule has 0 heterocycles. The Kier molecular flexibility index (Phi) is 5.83. The average molecular weight is 341 g/mol. The lowest BCUT2D eigenvalue weighted by molar-refractivity contribution is -0.129. The maximum Gasteiger partial charge on any atom is 0.227 e. The minimum atomic E-state index is 0. The molecule has 0 aliphatic rings. The molecule has 3 nitrogen and oxygen atoms in total. The average Bonchev–Trinajstić information content (AvgIpc) is 2.57. The highest BCUT2D eigenvalue weighted by Crippen LogP contribution is 2.20. The fourth-order valence-corrected chi connectivity index (χ4v) is 2.72. The molecule has 0 radical (unpaired) electrons. The molecule has 3 aromatic rings. The summed E-state index contributed by atoms with van der Waals surface area (Å²) in [7, 11) is 1.85. The lowest BCUT2D eigenvalue weighted by Gasteiger charge is -2.18. The first-order valence-corrected chi connectivity index (χ1v) is 7.68. The largest absolute Gasteiger partial charge is 0.399 e. The normalized spacial score (nSPS) is 10.2. The number of fused-ring (bicyclic) bond motifs is 1. The summed E-state index contributed by atoms with van der Waals surface area (Å²) in [6.07, 6.45) is 0.390. The molecular formula is C20H21ClN2O. The Morgan fingerprint density at radius 2 is 1.62 bits per heavy atom. The number of hydrogen-bond donors (Lipinski definition) is 1. The molecule has 0 bridgehead atoms. The SMILES string of the molecule is CN(Cc1cccc2ccccc12)C(=O)Cc1ccc(N)cc1.Cl. The van der Waals surface area contributed by atoms with Crippen LogP contribution in [0.2, 0.25) is 0 Å². The maximum atomic E-state index is 12.4. The van der Waals surface area contributed by atoms with Crippen LogP contribution in [0.25, 0.3) is 10.8 Å². The van der Waals surface area contributed by atoms with Gasteiger partial charge < -0.3 is 10.6 Å². The van der Waals surface area contributed by atoms with E-state index < -0.39 is 0 Å². The summed E-state index contributed by atoms with van der Waals surface area (Å²) < 4.78 is 0. The van der Waals surface area contributed by atoms with Gasteiger partial charge in [-0.25, -0.2) is 0 Å². The second kappa shape index (κ2) is 7.84. The quantitative estimate of drug-likeness (QED) is 0.728. The highest BCUT2D eigenvalue weighted by atomic mass is 35.5. The van der Waals surface area contributed by atoms with Gasteiger partial charge in [-0.2, -0.15) is 0 Å². The van der Waals surface area contributed by atoms with Crippen LogP contribution in [0.15, 0.2) is 66.7 Å². The van der Waals surface area contributed by atoms with E-state index in [0.717, 1.165) is 11.1 Å². The third-order valence-corrected chi connectivity index (χ3v) is 4.05. The van der Waals surface area contributed by atoms with E-state index in [-0.39, 0.29) is 18.3 Å². The van der Waals surface area contributed by atoms with E-state index >= 15 is 0 Å².